The van der Waals surface area contributed by atoms with Gasteiger partial charge in [0, 0.05) is 25.3 Å². The van der Waals surface area contributed by atoms with Gasteiger partial charge in [0.05, 0.1) is 6.54 Å². The number of nitrogens with zero attached hydrogens (tertiary/aromatic N) is 1. The fraction of sp³-hybridized carbons (Fsp3) is 0.692. The fourth-order valence-corrected chi connectivity index (χ4v) is 4.89. The van der Waals surface area contributed by atoms with Gasteiger partial charge in [-0.2, -0.15) is 11.8 Å². The monoisotopic (exact) mass is 495 g/mol. The Hall–Kier alpha value is -1.93. The number of carboxylic acid groups (broad SMARTS) is 1. The van der Waals surface area contributed by atoms with E-state index in [-0.39, 0.29) is 12.2 Å². The second kappa shape index (κ2) is 16.7. The molecule has 34 heavy (non-hydrogen) atoms. The van der Waals surface area contributed by atoms with E-state index in [1.807, 2.05) is 36.0 Å². The summed E-state index contributed by atoms with van der Waals surface area (Å²) in [6.07, 6.45) is 7.01. The number of unbranched alkanes of at least 4 members (excludes halogenated alkanes) is 1. The Morgan fingerprint density at radius 3 is 2.47 bits per heavy atom. The number of ether oxygens (including phenoxy) is 3. The third-order valence-corrected chi connectivity index (χ3v) is 6.89. The number of carbonyl (C=O) groups is 2. The number of hydrogen-bond acceptors (Lipinski definition) is 6. The summed E-state index contributed by atoms with van der Waals surface area (Å²) in [4.78, 5) is 25.9. The summed E-state index contributed by atoms with van der Waals surface area (Å²) in [6.45, 7) is 5.81. The molecule has 0 spiro atoms. The standard InChI is InChI=1S/C26H41NO6S/c1-3-5-18-34-19-16-27(26(30)33-23-9-7-6-8-10-23)15-17-32-22-13-11-21(12-14-22)20-24(25(28)29)31-4-2/h11-14,23-24H,3-10,15-20H2,1-2H3,(H,28,29). The predicted molar refractivity (Wildman–Crippen MR) is 136 cm³/mol. The summed E-state index contributed by atoms with van der Waals surface area (Å²) in [7, 11) is 0. The highest BCUT2D eigenvalue weighted by molar-refractivity contribution is 7.99. The zero-order valence-electron chi connectivity index (χ0n) is 20.7. The SMILES string of the molecule is CCCCSCCN(CCOc1ccc(CC(OCC)C(=O)O)cc1)C(=O)OC1CCCCC1. The number of thioether (sulfide) groups is 1. The molecule has 1 amide bonds. The summed E-state index contributed by atoms with van der Waals surface area (Å²) in [5, 5.41) is 9.25. The number of carboxylic acids is 1. The summed E-state index contributed by atoms with van der Waals surface area (Å²) in [5.41, 5.74) is 0.870. The molecule has 192 valence electrons. The number of benzene rings is 1. The molecule has 0 aromatic heterocycles. The van der Waals surface area contributed by atoms with Crippen LogP contribution >= 0.6 is 11.8 Å². The lowest BCUT2D eigenvalue weighted by Gasteiger charge is -2.27. The van der Waals surface area contributed by atoms with Crippen LogP contribution in [0.5, 0.6) is 5.75 Å². The van der Waals surface area contributed by atoms with Crippen molar-refractivity contribution in [3.05, 3.63) is 29.8 Å². The van der Waals surface area contributed by atoms with E-state index in [0.717, 1.165) is 42.8 Å². The lowest BCUT2D eigenvalue weighted by molar-refractivity contribution is -0.149. The smallest absolute Gasteiger partial charge is 0.410 e. The summed E-state index contributed by atoms with van der Waals surface area (Å²) >= 11 is 1.87. The molecule has 1 saturated carbocycles. The van der Waals surface area contributed by atoms with Crippen LogP contribution in [0.1, 0.15) is 64.4 Å². The first-order chi connectivity index (χ1) is 16.5. The third kappa shape index (κ3) is 11.0. The van der Waals surface area contributed by atoms with E-state index in [9.17, 15) is 14.7 Å². The van der Waals surface area contributed by atoms with E-state index in [1.54, 1.807) is 11.8 Å². The highest BCUT2D eigenvalue weighted by Crippen LogP contribution is 2.21. The van der Waals surface area contributed by atoms with Crippen molar-refractivity contribution in [2.45, 2.75) is 77.4 Å². The Balaban J connectivity index is 1.83. The maximum absolute atomic E-state index is 12.8. The van der Waals surface area contributed by atoms with Gasteiger partial charge in [-0.15, -0.1) is 0 Å². The molecule has 0 radical (unpaired) electrons. The summed E-state index contributed by atoms with van der Waals surface area (Å²) < 4.78 is 16.9. The number of carbonyl (C=O) groups excluding carboxylic acids is 1. The highest BCUT2D eigenvalue weighted by atomic mass is 32.2. The van der Waals surface area contributed by atoms with Crippen LogP contribution in [0.2, 0.25) is 0 Å². The van der Waals surface area contributed by atoms with Crippen LogP contribution in [0.3, 0.4) is 0 Å². The second-order valence-corrected chi connectivity index (χ2v) is 9.80. The molecule has 2 rings (SSSR count). The third-order valence-electron chi connectivity index (χ3n) is 5.84. The van der Waals surface area contributed by atoms with Crippen LogP contribution in [0.4, 0.5) is 4.79 Å². The van der Waals surface area contributed by atoms with Crippen LogP contribution in [-0.4, -0.2) is 72.1 Å². The minimum atomic E-state index is -0.963. The van der Waals surface area contributed by atoms with Crippen molar-refractivity contribution < 1.29 is 28.9 Å². The van der Waals surface area contributed by atoms with Crippen molar-refractivity contribution in [2.24, 2.45) is 0 Å². The van der Waals surface area contributed by atoms with E-state index in [2.05, 4.69) is 6.92 Å². The van der Waals surface area contributed by atoms with Gasteiger partial charge in [-0.1, -0.05) is 31.9 Å². The Kier molecular flexibility index (Phi) is 13.9. The van der Waals surface area contributed by atoms with Crippen molar-refractivity contribution >= 4 is 23.8 Å². The first-order valence-electron chi connectivity index (χ1n) is 12.6. The maximum Gasteiger partial charge on any atom is 0.410 e. The van der Waals surface area contributed by atoms with Gasteiger partial charge >= 0.3 is 12.1 Å². The average Bonchev–Trinajstić information content (AvgIpc) is 2.84. The van der Waals surface area contributed by atoms with Crippen molar-refractivity contribution in [3.8, 4) is 5.75 Å². The van der Waals surface area contributed by atoms with E-state index >= 15 is 0 Å². The Bertz CT molecular complexity index is 708. The molecule has 0 bridgehead atoms. The number of rotatable bonds is 16. The van der Waals surface area contributed by atoms with Gasteiger partial charge < -0.3 is 24.2 Å². The molecule has 0 aliphatic heterocycles. The molecular weight excluding hydrogens is 454 g/mol. The molecule has 1 N–H and O–H groups in total. The Morgan fingerprint density at radius 1 is 1.09 bits per heavy atom. The summed E-state index contributed by atoms with van der Waals surface area (Å²) in [6, 6.07) is 7.35. The molecule has 8 heteroatoms. The van der Waals surface area contributed by atoms with Gasteiger partial charge in [0.15, 0.2) is 6.10 Å². The van der Waals surface area contributed by atoms with Crippen molar-refractivity contribution in [2.75, 3.05) is 37.8 Å². The fourth-order valence-electron chi connectivity index (χ4n) is 3.85. The van der Waals surface area contributed by atoms with E-state index < -0.39 is 12.1 Å². The molecule has 1 aromatic rings. The summed E-state index contributed by atoms with van der Waals surface area (Å²) in [5.74, 6) is 1.72. The molecular formula is C26H41NO6S. The van der Waals surface area contributed by atoms with Crippen LogP contribution in [-0.2, 0) is 20.7 Å². The number of aliphatic carboxylic acids is 1. The van der Waals surface area contributed by atoms with Gasteiger partial charge in [0.2, 0.25) is 0 Å². The predicted octanol–water partition coefficient (Wildman–Crippen LogP) is 5.40. The average molecular weight is 496 g/mol. The van der Waals surface area contributed by atoms with E-state index in [0.29, 0.717) is 38.5 Å². The van der Waals surface area contributed by atoms with Crippen LogP contribution < -0.4 is 4.74 Å². The Labute approximate surface area is 208 Å². The van der Waals surface area contributed by atoms with Crippen LogP contribution in [0.25, 0.3) is 0 Å². The zero-order chi connectivity index (χ0) is 24.6. The topological polar surface area (TPSA) is 85.3 Å². The van der Waals surface area contributed by atoms with Crippen molar-refractivity contribution in [1.82, 2.24) is 4.90 Å². The second-order valence-electron chi connectivity index (χ2n) is 8.58. The molecule has 1 fully saturated rings. The first-order valence-corrected chi connectivity index (χ1v) is 13.8. The van der Waals surface area contributed by atoms with Gasteiger partial charge in [-0.25, -0.2) is 9.59 Å². The van der Waals surface area contributed by atoms with Gasteiger partial charge in [0.25, 0.3) is 0 Å². The van der Waals surface area contributed by atoms with Gasteiger partial charge in [-0.05, 0) is 62.5 Å². The molecule has 0 saturated heterocycles. The molecule has 7 nitrogen and oxygen atoms in total. The van der Waals surface area contributed by atoms with Crippen LogP contribution in [0.15, 0.2) is 24.3 Å². The highest BCUT2D eigenvalue weighted by Gasteiger charge is 2.22. The quantitative estimate of drug-likeness (QED) is 0.307. The molecule has 1 unspecified atom stereocenters. The van der Waals surface area contributed by atoms with Gasteiger partial charge in [0.1, 0.15) is 18.5 Å². The van der Waals surface area contributed by atoms with E-state index in [1.165, 1.54) is 19.3 Å². The van der Waals surface area contributed by atoms with Crippen molar-refractivity contribution in [3.63, 3.8) is 0 Å². The first kappa shape index (κ1) is 28.3. The van der Waals surface area contributed by atoms with Crippen LogP contribution in [0, 0.1) is 0 Å². The minimum Gasteiger partial charge on any atom is -0.492 e. The molecule has 1 atom stereocenters. The lowest BCUT2D eigenvalue weighted by Crippen LogP contribution is -2.39. The number of hydrogen-bond donors (Lipinski definition) is 1. The molecule has 0 heterocycles. The lowest BCUT2D eigenvalue weighted by atomic mass is 9.98. The maximum atomic E-state index is 12.8. The van der Waals surface area contributed by atoms with E-state index in [4.69, 9.17) is 14.2 Å². The Morgan fingerprint density at radius 2 is 1.82 bits per heavy atom. The van der Waals surface area contributed by atoms with Crippen molar-refractivity contribution in [1.29, 1.82) is 0 Å². The molecule has 1 aromatic carbocycles. The zero-order valence-corrected chi connectivity index (χ0v) is 21.5. The minimum absolute atomic E-state index is 0.0382. The molecule has 1 aliphatic rings. The normalized spacial score (nSPS) is 15.0. The van der Waals surface area contributed by atoms with Gasteiger partial charge in [-0.3, -0.25) is 0 Å². The number of amides is 1. The largest absolute Gasteiger partial charge is 0.492 e. The molecule has 1 aliphatic carbocycles.